The Labute approximate surface area is 131 Å². The minimum absolute atomic E-state index is 0.312. The van der Waals surface area contributed by atoms with Crippen molar-refractivity contribution in [3.8, 4) is 0 Å². The molecule has 1 fully saturated rings. The monoisotopic (exact) mass is 291 g/mol. The second-order valence-electron chi connectivity index (χ2n) is 6.14. The van der Waals surface area contributed by atoms with Crippen molar-refractivity contribution in [3.05, 3.63) is 66.5 Å². The zero-order chi connectivity index (χ0) is 14.8. The molecule has 0 bridgehead atoms. The molecule has 1 aliphatic heterocycles. The summed E-state index contributed by atoms with van der Waals surface area (Å²) in [5, 5.41) is 10.7. The van der Waals surface area contributed by atoms with Crippen LogP contribution in [-0.2, 0) is 0 Å². The highest BCUT2D eigenvalue weighted by Crippen LogP contribution is 2.32. The molecule has 1 N–H and O–H groups in total. The molecule has 112 valence electrons. The first-order valence-corrected chi connectivity index (χ1v) is 8.10. The molecule has 1 saturated heterocycles. The van der Waals surface area contributed by atoms with Gasteiger partial charge in [-0.25, -0.2) is 0 Å². The second kappa shape index (κ2) is 5.93. The van der Waals surface area contributed by atoms with E-state index in [2.05, 4.69) is 63.8 Å². The first-order valence-electron chi connectivity index (χ1n) is 8.10. The van der Waals surface area contributed by atoms with Gasteiger partial charge in [-0.2, -0.15) is 5.10 Å². The molecule has 0 saturated carbocycles. The molecule has 0 spiro atoms. The van der Waals surface area contributed by atoms with Crippen LogP contribution in [0, 0.1) is 5.92 Å². The van der Waals surface area contributed by atoms with Crippen molar-refractivity contribution >= 4 is 10.8 Å². The molecule has 3 nitrogen and oxygen atoms in total. The molecule has 1 aromatic heterocycles. The van der Waals surface area contributed by atoms with Gasteiger partial charge in [0.25, 0.3) is 0 Å². The summed E-state index contributed by atoms with van der Waals surface area (Å²) in [4.78, 5) is 0. The first-order chi connectivity index (χ1) is 10.9. The molecular weight excluding hydrogens is 270 g/mol. The number of hydrogen-bond acceptors (Lipinski definition) is 2. The summed E-state index contributed by atoms with van der Waals surface area (Å²) in [5.41, 5.74) is 1.36. The lowest BCUT2D eigenvalue weighted by atomic mass is 9.86. The summed E-state index contributed by atoms with van der Waals surface area (Å²) < 4.78 is 2.13. The highest BCUT2D eigenvalue weighted by atomic mass is 15.3. The average molecular weight is 291 g/mol. The Kier molecular flexibility index (Phi) is 3.65. The third kappa shape index (κ3) is 2.53. The van der Waals surface area contributed by atoms with Gasteiger partial charge in [0, 0.05) is 18.9 Å². The number of piperidine rings is 1. The number of hydrogen-bond donors (Lipinski definition) is 1. The number of nitrogens with zero attached hydrogens (tertiary/aromatic N) is 2. The van der Waals surface area contributed by atoms with Crippen LogP contribution in [-0.4, -0.2) is 22.9 Å². The maximum absolute atomic E-state index is 4.54. The van der Waals surface area contributed by atoms with Gasteiger partial charge in [0.05, 0.1) is 6.04 Å². The number of rotatable bonds is 3. The van der Waals surface area contributed by atoms with E-state index in [4.69, 9.17) is 0 Å². The van der Waals surface area contributed by atoms with E-state index in [1.54, 1.807) is 0 Å². The highest BCUT2D eigenvalue weighted by molar-refractivity contribution is 5.83. The minimum atomic E-state index is 0.312. The van der Waals surface area contributed by atoms with Crippen molar-refractivity contribution in [3.63, 3.8) is 0 Å². The van der Waals surface area contributed by atoms with Crippen molar-refractivity contribution in [2.75, 3.05) is 13.1 Å². The summed E-state index contributed by atoms with van der Waals surface area (Å²) in [5.74, 6) is 0.592. The van der Waals surface area contributed by atoms with E-state index in [0.717, 1.165) is 13.1 Å². The van der Waals surface area contributed by atoms with Crippen molar-refractivity contribution in [1.82, 2.24) is 15.1 Å². The Morgan fingerprint density at radius 3 is 2.77 bits per heavy atom. The molecule has 3 aromatic rings. The van der Waals surface area contributed by atoms with Gasteiger partial charge in [-0.1, -0.05) is 36.4 Å². The molecule has 0 radical (unpaired) electrons. The van der Waals surface area contributed by atoms with Gasteiger partial charge < -0.3 is 5.32 Å². The number of benzene rings is 2. The molecule has 2 aromatic carbocycles. The maximum Gasteiger partial charge on any atom is 0.0808 e. The standard InChI is InChI=1S/C19H21N3/c1-2-6-16-13-17(9-8-15(16)5-1)19(22-12-4-11-21-22)18-7-3-10-20-14-18/h1-2,4-6,8-9,11-13,18-20H,3,7,10,14H2. The lowest BCUT2D eigenvalue weighted by Crippen LogP contribution is -2.35. The molecular formula is C19H21N3. The number of nitrogens with one attached hydrogen (secondary N) is 1. The Morgan fingerprint density at radius 2 is 2.00 bits per heavy atom. The molecule has 0 aliphatic carbocycles. The lowest BCUT2D eigenvalue weighted by molar-refractivity contribution is 0.282. The van der Waals surface area contributed by atoms with Crippen LogP contribution in [0.1, 0.15) is 24.4 Å². The second-order valence-corrected chi connectivity index (χ2v) is 6.14. The van der Waals surface area contributed by atoms with Crippen LogP contribution in [0.2, 0.25) is 0 Å². The van der Waals surface area contributed by atoms with Crippen LogP contribution in [0.15, 0.2) is 60.9 Å². The van der Waals surface area contributed by atoms with Crippen molar-refractivity contribution in [2.24, 2.45) is 5.92 Å². The van der Waals surface area contributed by atoms with Gasteiger partial charge in [-0.05, 0) is 53.8 Å². The van der Waals surface area contributed by atoms with Gasteiger partial charge >= 0.3 is 0 Å². The molecule has 2 heterocycles. The predicted molar refractivity (Wildman–Crippen MR) is 89.9 cm³/mol. The number of aromatic nitrogens is 2. The molecule has 2 unspecified atom stereocenters. The minimum Gasteiger partial charge on any atom is -0.316 e. The van der Waals surface area contributed by atoms with Crippen LogP contribution < -0.4 is 5.32 Å². The summed E-state index contributed by atoms with van der Waals surface area (Å²) >= 11 is 0. The largest absolute Gasteiger partial charge is 0.316 e. The van der Waals surface area contributed by atoms with Crippen molar-refractivity contribution in [2.45, 2.75) is 18.9 Å². The topological polar surface area (TPSA) is 29.9 Å². The van der Waals surface area contributed by atoms with E-state index >= 15 is 0 Å². The smallest absolute Gasteiger partial charge is 0.0808 e. The van der Waals surface area contributed by atoms with E-state index in [-0.39, 0.29) is 0 Å². The highest BCUT2D eigenvalue weighted by Gasteiger charge is 2.26. The summed E-state index contributed by atoms with van der Waals surface area (Å²) in [6.45, 7) is 2.21. The van der Waals surface area contributed by atoms with Crippen LogP contribution in [0.5, 0.6) is 0 Å². The average Bonchev–Trinajstić information content (AvgIpc) is 3.10. The van der Waals surface area contributed by atoms with E-state index in [9.17, 15) is 0 Å². The van der Waals surface area contributed by atoms with Gasteiger partial charge in [-0.15, -0.1) is 0 Å². The van der Waals surface area contributed by atoms with Gasteiger partial charge in [0.2, 0.25) is 0 Å². The van der Waals surface area contributed by atoms with E-state index < -0.39 is 0 Å². The predicted octanol–water partition coefficient (Wildman–Crippen LogP) is 3.63. The zero-order valence-corrected chi connectivity index (χ0v) is 12.7. The quantitative estimate of drug-likeness (QED) is 0.798. The third-order valence-corrected chi connectivity index (χ3v) is 4.71. The third-order valence-electron chi connectivity index (χ3n) is 4.71. The van der Waals surface area contributed by atoms with Gasteiger partial charge in [0.1, 0.15) is 0 Å². The lowest BCUT2D eigenvalue weighted by Gasteiger charge is -2.31. The first kappa shape index (κ1) is 13.5. The molecule has 0 amide bonds. The normalized spacial score (nSPS) is 20.1. The Bertz CT molecular complexity index is 742. The van der Waals surface area contributed by atoms with Crippen molar-refractivity contribution in [1.29, 1.82) is 0 Å². The maximum atomic E-state index is 4.54. The van der Waals surface area contributed by atoms with Crippen LogP contribution in [0.3, 0.4) is 0 Å². The zero-order valence-electron chi connectivity index (χ0n) is 12.7. The summed E-state index contributed by atoms with van der Waals surface area (Å²) in [6, 6.07) is 17.7. The summed E-state index contributed by atoms with van der Waals surface area (Å²) in [6.07, 6.45) is 6.47. The van der Waals surface area contributed by atoms with E-state index in [1.165, 1.54) is 29.2 Å². The fraction of sp³-hybridized carbons (Fsp3) is 0.316. The molecule has 22 heavy (non-hydrogen) atoms. The van der Waals surface area contributed by atoms with Crippen LogP contribution >= 0.6 is 0 Å². The molecule has 3 heteroatoms. The van der Waals surface area contributed by atoms with Gasteiger partial charge in [-0.3, -0.25) is 4.68 Å². The summed E-state index contributed by atoms with van der Waals surface area (Å²) in [7, 11) is 0. The van der Waals surface area contributed by atoms with E-state index in [1.807, 2.05) is 12.3 Å². The Hall–Kier alpha value is -2.13. The van der Waals surface area contributed by atoms with Crippen LogP contribution in [0.4, 0.5) is 0 Å². The van der Waals surface area contributed by atoms with Crippen molar-refractivity contribution < 1.29 is 0 Å². The van der Waals surface area contributed by atoms with E-state index in [0.29, 0.717) is 12.0 Å². The van der Waals surface area contributed by atoms with Crippen LogP contribution in [0.25, 0.3) is 10.8 Å². The Morgan fingerprint density at radius 1 is 1.09 bits per heavy atom. The van der Waals surface area contributed by atoms with Gasteiger partial charge in [0.15, 0.2) is 0 Å². The molecule has 1 aliphatic rings. The SMILES string of the molecule is c1ccc2cc(C(C3CCCNC3)n3cccn3)ccc2c1. The fourth-order valence-corrected chi connectivity index (χ4v) is 3.63. The molecule has 2 atom stereocenters. The fourth-order valence-electron chi connectivity index (χ4n) is 3.63. The number of fused-ring (bicyclic) bond motifs is 1. The Balaban J connectivity index is 1.78. The molecule has 4 rings (SSSR count).